The van der Waals surface area contributed by atoms with Crippen molar-refractivity contribution in [3.05, 3.63) is 29.8 Å². The van der Waals surface area contributed by atoms with Gasteiger partial charge in [-0.15, -0.1) is 0 Å². The van der Waals surface area contributed by atoms with E-state index in [2.05, 4.69) is 0 Å². The van der Waals surface area contributed by atoms with Crippen molar-refractivity contribution in [2.75, 3.05) is 0 Å². The van der Waals surface area contributed by atoms with Gasteiger partial charge in [-0.25, -0.2) is 8.42 Å². The van der Waals surface area contributed by atoms with Crippen LogP contribution < -0.4 is 0 Å². The van der Waals surface area contributed by atoms with Gasteiger partial charge in [0.05, 0.1) is 15.7 Å². The zero-order valence-electron chi connectivity index (χ0n) is 11.8. The minimum absolute atomic E-state index is 0.0673. The average Bonchev–Trinajstić information content (AvgIpc) is 2.79. The summed E-state index contributed by atoms with van der Waals surface area (Å²) in [6.45, 7) is 5.47. The van der Waals surface area contributed by atoms with E-state index in [0.29, 0.717) is 17.7 Å². The number of aryl methyl sites for hydroxylation is 1. The Balaban J connectivity index is 2.21. The average molecular weight is 282 g/mol. The van der Waals surface area contributed by atoms with Crippen molar-refractivity contribution in [2.24, 2.45) is 5.92 Å². The number of sulfone groups is 1. The van der Waals surface area contributed by atoms with Crippen molar-refractivity contribution in [1.82, 2.24) is 0 Å². The van der Waals surface area contributed by atoms with Gasteiger partial charge in [-0.1, -0.05) is 17.7 Å². The van der Waals surface area contributed by atoms with E-state index in [1.807, 2.05) is 19.1 Å². The van der Waals surface area contributed by atoms with Crippen LogP contribution in [0.3, 0.4) is 0 Å². The van der Waals surface area contributed by atoms with Crippen molar-refractivity contribution >= 4 is 9.84 Å². The van der Waals surface area contributed by atoms with Gasteiger partial charge in [0, 0.05) is 0 Å². The molecule has 1 aliphatic rings. The summed E-state index contributed by atoms with van der Waals surface area (Å²) in [5, 5.41) is 9.66. The van der Waals surface area contributed by atoms with E-state index >= 15 is 0 Å². The summed E-state index contributed by atoms with van der Waals surface area (Å²) in [5.74, 6) is 0.0673. The molecule has 0 bridgehead atoms. The van der Waals surface area contributed by atoms with Crippen molar-refractivity contribution in [1.29, 1.82) is 0 Å². The third-order valence-electron chi connectivity index (χ3n) is 4.17. The van der Waals surface area contributed by atoms with Crippen LogP contribution in [0.2, 0.25) is 0 Å². The zero-order chi connectivity index (χ0) is 14.3. The lowest BCUT2D eigenvalue weighted by Gasteiger charge is -2.25. The van der Waals surface area contributed by atoms with Crippen LogP contribution in [0.4, 0.5) is 0 Å². The topological polar surface area (TPSA) is 54.4 Å². The molecule has 0 radical (unpaired) electrons. The number of benzene rings is 1. The minimum Gasteiger partial charge on any atom is -0.390 e. The Morgan fingerprint density at radius 2 is 1.74 bits per heavy atom. The normalized spacial score (nSPS) is 24.6. The van der Waals surface area contributed by atoms with Gasteiger partial charge in [0.15, 0.2) is 9.84 Å². The van der Waals surface area contributed by atoms with Crippen molar-refractivity contribution < 1.29 is 13.5 Å². The molecule has 4 heteroatoms. The predicted molar refractivity (Wildman–Crippen MR) is 75.8 cm³/mol. The van der Waals surface area contributed by atoms with Crippen LogP contribution in [-0.4, -0.2) is 24.4 Å². The van der Waals surface area contributed by atoms with Crippen LogP contribution >= 0.6 is 0 Å². The molecule has 1 N–H and O–H groups in total. The first-order valence-electron chi connectivity index (χ1n) is 6.74. The Morgan fingerprint density at radius 3 is 2.21 bits per heavy atom. The smallest absolute Gasteiger partial charge is 0.181 e. The molecule has 1 aromatic carbocycles. The van der Waals surface area contributed by atoms with Gasteiger partial charge >= 0.3 is 0 Å². The molecule has 1 fully saturated rings. The van der Waals surface area contributed by atoms with Gasteiger partial charge in [0.1, 0.15) is 0 Å². The van der Waals surface area contributed by atoms with Crippen LogP contribution in [0.15, 0.2) is 29.2 Å². The second kappa shape index (κ2) is 4.91. The van der Waals surface area contributed by atoms with Crippen LogP contribution in [0.25, 0.3) is 0 Å². The third kappa shape index (κ3) is 3.00. The molecule has 3 nitrogen and oxygen atoms in total. The van der Waals surface area contributed by atoms with Crippen molar-refractivity contribution in [2.45, 2.75) is 55.8 Å². The van der Waals surface area contributed by atoms with Crippen LogP contribution in [0.1, 0.15) is 38.7 Å². The summed E-state index contributed by atoms with van der Waals surface area (Å²) in [4.78, 5) is 0.402. The number of hydrogen-bond acceptors (Lipinski definition) is 3. The first-order valence-corrected chi connectivity index (χ1v) is 8.29. The Labute approximate surface area is 115 Å². The molecule has 106 valence electrons. The molecule has 0 aliphatic heterocycles. The summed E-state index contributed by atoms with van der Waals surface area (Å²) in [5.41, 5.74) is 0.261. The van der Waals surface area contributed by atoms with Crippen LogP contribution in [0, 0.1) is 12.8 Å². The van der Waals surface area contributed by atoms with Gasteiger partial charge < -0.3 is 5.11 Å². The number of rotatable bonds is 3. The molecule has 2 rings (SSSR count). The molecule has 1 aliphatic carbocycles. The summed E-state index contributed by atoms with van der Waals surface area (Å²) in [6.07, 6.45) is 1.98. The van der Waals surface area contributed by atoms with E-state index in [4.69, 9.17) is 0 Å². The van der Waals surface area contributed by atoms with Crippen LogP contribution in [-0.2, 0) is 9.84 Å². The SMILES string of the molecule is Cc1ccc(S(=O)(=O)C2CCC(C(C)(C)O)C2)cc1. The summed E-state index contributed by atoms with van der Waals surface area (Å²) in [6, 6.07) is 7.02. The molecule has 0 saturated heterocycles. The Morgan fingerprint density at radius 1 is 1.16 bits per heavy atom. The summed E-state index contributed by atoms with van der Waals surface area (Å²) < 4.78 is 25.1. The fourth-order valence-corrected chi connectivity index (χ4v) is 4.62. The highest BCUT2D eigenvalue weighted by molar-refractivity contribution is 7.92. The molecule has 0 heterocycles. The Kier molecular flexibility index (Phi) is 3.76. The fraction of sp³-hybridized carbons (Fsp3) is 0.600. The van der Waals surface area contributed by atoms with E-state index in [9.17, 15) is 13.5 Å². The standard InChI is InChI=1S/C15H22O3S/c1-11-4-7-13(8-5-11)19(17,18)14-9-6-12(10-14)15(2,3)16/h4-5,7-8,12,14,16H,6,9-10H2,1-3H3. The van der Waals surface area contributed by atoms with Gasteiger partial charge in [0.2, 0.25) is 0 Å². The van der Waals surface area contributed by atoms with Gasteiger partial charge in [-0.2, -0.15) is 0 Å². The molecule has 0 aromatic heterocycles. The maximum absolute atomic E-state index is 12.5. The highest BCUT2D eigenvalue weighted by Crippen LogP contribution is 2.39. The number of hydrogen-bond donors (Lipinski definition) is 1. The molecule has 1 aromatic rings. The van der Waals surface area contributed by atoms with E-state index < -0.39 is 15.4 Å². The maximum atomic E-state index is 12.5. The monoisotopic (exact) mass is 282 g/mol. The highest BCUT2D eigenvalue weighted by atomic mass is 32.2. The predicted octanol–water partition coefficient (Wildman–Crippen LogP) is 2.71. The molecule has 0 spiro atoms. The molecule has 2 unspecified atom stereocenters. The van der Waals surface area contributed by atoms with Gasteiger partial charge in [0.25, 0.3) is 0 Å². The molecule has 0 amide bonds. The van der Waals surface area contributed by atoms with Gasteiger partial charge in [-0.3, -0.25) is 0 Å². The minimum atomic E-state index is -3.26. The van der Waals surface area contributed by atoms with Crippen molar-refractivity contribution in [3.8, 4) is 0 Å². The number of aliphatic hydroxyl groups is 1. The zero-order valence-corrected chi connectivity index (χ0v) is 12.6. The lowest BCUT2D eigenvalue weighted by molar-refractivity contribution is 0.0202. The third-order valence-corrected chi connectivity index (χ3v) is 6.41. The largest absolute Gasteiger partial charge is 0.390 e. The second-order valence-corrected chi connectivity index (χ2v) is 8.37. The Bertz CT molecular complexity index is 538. The lowest BCUT2D eigenvalue weighted by atomic mass is 9.90. The molecule has 2 atom stereocenters. The van der Waals surface area contributed by atoms with E-state index in [-0.39, 0.29) is 11.2 Å². The van der Waals surface area contributed by atoms with Crippen LogP contribution in [0.5, 0.6) is 0 Å². The maximum Gasteiger partial charge on any atom is 0.181 e. The quantitative estimate of drug-likeness (QED) is 0.927. The van der Waals surface area contributed by atoms with E-state index in [1.54, 1.807) is 26.0 Å². The first kappa shape index (κ1) is 14.5. The van der Waals surface area contributed by atoms with E-state index in [1.165, 1.54) is 0 Å². The van der Waals surface area contributed by atoms with Gasteiger partial charge in [-0.05, 0) is 58.1 Å². The first-order chi connectivity index (χ1) is 8.71. The fourth-order valence-electron chi connectivity index (χ4n) is 2.78. The van der Waals surface area contributed by atoms with Crippen molar-refractivity contribution in [3.63, 3.8) is 0 Å². The van der Waals surface area contributed by atoms with E-state index in [0.717, 1.165) is 12.0 Å². The Hall–Kier alpha value is -0.870. The second-order valence-electron chi connectivity index (χ2n) is 6.14. The highest BCUT2D eigenvalue weighted by Gasteiger charge is 2.40. The molecule has 1 saturated carbocycles. The summed E-state index contributed by atoms with van der Waals surface area (Å²) in [7, 11) is -3.26. The molecular formula is C15H22O3S. The molecular weight excluding hydrogens is 260 g/mol. The molecule has 19 heavy (non-hydrogen) atoms. The summed E-state index contributed by atoms with van der Waals surface area (Å²) >= 11 is 0. The lowest BCUT2D eigenvalue weighted by Crippen LogP contribution is -2.30.